The van der Waals surface area contributed by atoms with Crippen molar-refractivity contribution < 1.29 is 24.5 Å². The smallest absolute Gasteiger partial charge is 0.335 e. The number of rotatable bonds is 6. The fourth-order valence-electron chi connectivity index (χ4n) is 3.07. The first-order valence-electron chi connectivity index (χ1n) is 8.86. The summed E-state index contributed by atoms with van der Waals surface area (Å²) in [5.74, 6) is -1.09. The van der Waals surface area contributed by atoms with Crippen LogP contribution in [0, 0.1) is 18.3 Å². The minimum absolute atomic E-state index is 0.0401. The van der Waals surface area contributed by atoms with Gasteiger partial charge in [0, 0.05) is 16.0 Å². The van der Waals surface area contributed by atoms with Crippen molar-refractivity contribution in [1.29, 1.82) is 5.26 Å². The van der Waals surface area contributed by atoms with Crippen molar-refractivity contribution in [1.82, 2.24) is 0 Å². The molecule has 3 N–H and O–H groups in total. The molecule has 0 unspecified atom stereocenters. The van der Waals surface area contributed by atoms with Crippen molar-refractivity contribution >= 4 is 28.2 Å². The lowest BCUT2D eigenvalue weighted by molar-refractivity contribution is 0.0696. The van der Waals surface area contributed by atoms with E-state index in [-0.39, 0.29) is 11.1 Å². The van der Waals surface area contributed by atoms with Gasteiger partial charge in [0.15, 0.2) is 0 Å². The number of hydrogen-bond donors (Lipinski definition) is 3. The molecule has 0 aliphatic heterocycles. The zero-order chi connectivity index (χ0) is 21.8. The van der Waals surface area contributed by atoms with Crippen LogP contribution in [0.1, 0.15) is 36.7 Å². The zero-order valence-corrected chi connectivity index (χ0v) is 17.0. The highest BCUT2D eigenvalue weighted by molar-refractivity contribution is 7.17. The SMILES string of the molecule is COc1ccc(-c2c(C)sc(NC(=O)c3cc(C(=O)O)ccc3CO)c2C#N)cc1. The monoisotopic (exact) mass is 422 g/mol. The topological polar surface area (TPSA) is 120 Å². The number of carbonyl (C=O) groups is 2. The van der Waals surface area contributed by atoms with Crippen molar-refractivity contribution in [2.75, 3.05) is 12.4 Å². The van der Waals surface area contributed by atoms with Crippen LogP contribution in [0.3, 0.4) is 0 Å². The number of ether oxygens (including phenoxy) is 1. The summed E-state index contributed by atoms with van der Waals surface area (Å²) in [4.78, 5) is 24.9. The van der Waals surface area contributed by atoms with Crippen LogP contribution in [0.2, 0.25) is 0 Å². The number of aryl methyl sites for hydroxylation is 1. The van der Waals surface area contributed by atoms with Crippen molar-refractivity contribution in [3.05, 3.63) is 69.6 Å². The molecule has 3 rings (SSSR count). The molecule has 152 valence electrons. The van der Waals surface area contributed by atoms with Crippen molar-refractivity contribution in [2.45, 2.75) is 13.5 Å². The van der Waals surface area contributed by atoms with Gasteiger partial charge in [0.1, 0.15) is 16.8 Å². The quantitative estimate of drug-likeness (QED) is 0.551. The molecule has 0 bridgehead atoms. The summed E-state index contributed by atoms with van der Waals surface area (Å²) in [5, 5.41) is 31.5. The number of aromatic carboxylic acids is 1. The Morgan fingerprint density at radius 2 is 1.90 bits per heavy atom. The number of carbonyl (C=O) groups excluding carboxylic acids is 1. The maximum Gasteiger partial charge on any atom is 0.335 e. The molecule has 0 radical (unpaired) electrons. The number of carboxylic acids is 1. The van der Waals surface area contributed by atoms with Crippen LogP contribution in [0.25, 0.3) is 11.1 Å². The molecule has 1 heterocycles. The number of methoxy groups -OCH3 is 1. The number of amides is 1. The van der Waals surface area contributed by atoms with Crippen molar-refractivity contribution in [3.8, 4) is 22.9 Å². The van der Waals surface area contributed by atoms with E-state index >= 15 is 0 Å². The third-order valence-electron chi connectivity index (χ3n) is 4.57. The van der Waals surface area contributed by atoms with Crippen molar-refractivity contribution in [2.24, 2.45) is 0 Å². The molecule has 0 atom stereocenters. The van der Waals surface area contributed by atoms with Gasteiger partial charge < -0.3 is 20.3 Å². The number of thiophene rings is 1. The van der Waals surface area contributed by atoms with E-state index in [2.05, 4.69) is 11.4 Å². The number of benzene rings is 2. The predicted molar refractivity (Wildman–Crippen MR) is 113 cm³/mol. The first-order chi connectivity index (χ1) is 14.4. The maximum atomic E-state index is 12.8. The summed E-state index contributed by atoms with van der Waals surface area (Å²) in [7, 11) is 1.57. The molecule has 0 aliphatic rings. The lowest BCUT2D eigenvalue weighted by atomic mass is 10.0. The normalized spacial score (nSPS) is 10.3. The van der Waals surface area contributed by atoms with E-state index in [4.69, 9.17) is 4.74 Å². The van der Waals surface area contributed by atoms with E-state index in [1.165, 1.54) is 29.5 Å². The van der Waals surface area contributed by atoms with E-state index in [1.54, 1.807) is 19.2 Å². The zero-order valence-electron chi connectivity index (χ0n) is 16.2. The first-order valence-corrected chi connectivity index (χ1v) is 9.67. The number of nitrogens with one attached hydrogen (secondary N) is 1. The van der Waals surface area contributed by atoms with Gasteiger partial charge in [-0.3, -0.25) is 4.79 Å². The number of aliphatic hydroxyl groups is 1. The molecule has 0 saturated heterocycles. The van der Waals surface area contributed by atoms with Gasteiger partial charge in [-0.2, -0.15) is 5.26 Å². The molecule has 3 aromatic rings. The van der Waals surface area contributed by atoms with Gasteiger partial charge in [0.25, 0.3) is 5.91 Å². The van der Waals surface area contributed by atoms with Crippen LogP contribution in [0.4, 0.5) is 5.00 Å². The molecule has 0 spiro atoms. The number of anilines is 1. The highest BCUT2D eigenvalue weighted by Crippen LogP contribution is 2.40. The molecule has 30 heavy (non-hydrogen) atoms. The second-order valence-electron chi connectivity index (χ2n) is 6.37. The Morgan fingerprint density at radius 3 is 2.47 bits per heavy atom. The first kappa shape index (κ1) is 21.0. The molecule has 8 heteroatoms. The third kappa shape index (κ3) is 4.03. The van der Waals surface area contributed by atoms with Crippen LogP contribution in [0.5, 0.6) is 5.75 Å². The summed E-state index contributed by atoms with van der Waals surface area (Å²) in [5.41, 5.74) is 2.10. The number of hydrogen-bond acceptors (Lipinski definition) is 6. The van der Waals surface area contributed by atoms with E-state index in [0.717, 1.165) is 10.4 Å². The summed E-state index contributed by atoms with van der Waals surface area (Å²) in [6, 6.07) is 13.3. The highest BCUT2D eigenvalue weighted by Gasteiger charge is 2.21. The number of nitrogens with zero attached hydrogens (tertiary/aromatic N) is 1. The number of carboxylic acid groups (broad SMARTS) is 1. The minimum Gasteiger partial charge on any atom is -0.497 e. The number of aliphatic hydroxyl groups excluding tert-OH is 1. The Kier molecular flexibility index (Phi) is 6.16. The largest absolute Gasteiger partial charge is 0.497 e. The average Bonchev–Trinajstić information content (AvgIpc) is 3.07. The average molecular weight is 422 g/mol. The molecule has 0 aliphatic carbocycles. The Bertz CT molecular complexity index is 1160. The molecule has 0 saturated carbocycles. The van der Waals surface area contributed by atoms with Crippen LogP contribution in [-0.2, 0) is 6.61 Å². The van der Waals surface area contributed by atoms with Crippen LogP contribution >= 0.6 is 11.3 Å². The second-order valence-corrected chi connectivity index (χ2v) is 7.59. The lowest BCUT2D eigenvalue weighted by Crippen LogP contribution is -2.15. The molecular weight excluding hydrogens is 404 g/mol. The standard InChI is InChI=1S/C22H18N2O5S/c1-12-19(13-5-7-16(29-2)8-6-13)18(10-23)21(30-12)24-20(26)17-9-14(22(27)28)3-4-15(17)11-25/h3-9,25H,11H2,1-2H3,(H,24,26)(H,27,28). The Labute approximate surface area is 176 Å². The number of nitriles is 1. The third-order valence-corrected chi connectivity index (χ3v) is 5.59. The van der Waals surface area contributed by atoms with Gasteiger partial charge >= 0.3 is 5.97 Å². The summed E-state index contributed by atoms with van der Waals surface area (Å²) in [6.45, 7) is 1.43. The lowest BCUT2D eigenvalue weighted by Gasteiger charge is -2.09. The van der Waals surface area contributed by atoms with Gasteiger partial charge in [0.05, 0.1) is 24.8 Å². The van der Waals surface area contributed by atoms with Gasteiger partial charge in [0.2, 0.25) is 0 Å². The molecule has 2 aromatic carbocycles. The van der Waals surface area contributed by atoms with Gasteiger partial charge in [-0.15, -0.1) is 11.3 Å². The maximum absolute atomic E-state index is 12.8. The predicted octanol–water partition coefficient (Wildman–Crippen LogP) is 4.05. The summed E-state index contributed by atoms with van der Waals surface area (Å²) < 4.78 is 5.17. The van der Waals surface area contributed by atoms with E-state index in [1.807, 2.05) is 19.1 Å². The fourth-order valence-corrected chi connectivity index (χ4v) is 4.10. The van der Waals surface area contributed by atoms with Crippen LogP contribution in [-0.4, -0.2) is 29.2 Å². The van der Waals surface area contributed by atoms with Gasteiger partial charge in [-0.05, 0) is 42.3 Å². The Morgan fingerprint density at radius 1 is 1.20 bits per heavy atom. The molecule has 1 aromatic heterocycles. The molecule has 7 nitrogen and oxygen atoms in total. The van der Waals surface area contributed by atoms with Crippen LogP contribution in [0.15, 0.2) is 42.5 Å². The second kappa shape index (κ2) is 8.78. The Hall–Kier alpha value is -3.67. The highest BCUT2D eigenvalue weighted by atomic mass is 32.1. The minimum atomic E-state index is -1.18. The fraction of sp³-hybridized carbons (Fsp3) is 0.136. The molecular formula is C22H18N2O5S. The van der Waals surface area contributed by atoms with Gasteiger partial charge in [-0.1, -0.05) is 18.2 Å². The van der Waals surface area contributed by atoms with E-state index < -0.39 is 18.5 Å². The molecule has 0 fully saturated rings. The van der Waals surface area contributed by atoms with Crippen LogP contribution < -0.4 is 10.1 Å². The summed E-state index contributed by atoms with van der Waals surface area (Å²) in [6.07, 6.45) is 0. The summed E-state index contributed by atoms with van der Waals surface area (Å²) >= 11 is 1.25. The van der Waals surface area contributed by atoms with Gasteiger partial charge in [-0.25, -0.2) is 4.79 Å². The van der Waals surface area contributed by atoms with Crippen molar-refractivity contribution in [3.63, 3.8) is 0 Å². The molecule has 1 amide bonds. The van der Waals surface area contributed by atoms with E-state index in [0.29, 0.717) is 27.4 Å². The Balaban J connectivity index is 2.00. The van der Waals surface area contributed by atoms with E-state index in [9.17, 15) is 25.1 Å².